The molecule has 0 saturated heterocycles. The van der Waals surface area contributed by atoms with Crippen LogP contribution in [0.25, 0.3) is 17.5 Å². The molecule has 2 aromatic carbocycles. The molecule has 0 spiro atoms. The van der Waals surface area contributed by atoms with E-state index >= 15 is 0 Å². The quantitative estimate of drug-likeness (QED) is 0.643. The van der Waals surface area contributed by atoms with E-state index in [1.54, 1.807) is 6.07 Å². The second-order valence-electron chi connectivity index (χ2n) is 6.43. The Bertz CT molecular complexity index is 1310. The summed E-state index contributed by atoms with van der Waals surface area (Å²) in [5.41, 5.74) is 0.588. The van der Waals surface area contributed by atoms with Crippen LogP contribution in [-0.4, -0.2) is 45.7 Å². The Kier molecular flexibility index (Phi) is 4.70. The maximum atomic E-state index is 13.0. The molecule has 0 bridgehead atoms. The van der Waals surface area contributed by atoms with Gasteiger partial charge in [0.15, 0.2) is 5.76 Å². The first-order valence-corrected chi connectivity index (χ1v) is 10.2. The SMILES string of the molecule is CN1C(C(=O)/C=C/c2cn(-c3ccc(F)cc3)nn2)=C(O)c2ccccc2S1(=O)=O. The van der Waals surface area contributed by atoms with Gasteiger partial charge in [-0.25, -0.2) is 17.5 Å². The Morgan fingerprint density at radius 1 is 1.13 bits per heavy atom. The third-order valence-corrected chi connectivity index (χ3v) is 6.38. The summed E-state index contributed by atoms with van der Waals surface area (Å²) in [6.07, 6.45) is 3.96. The summed E-state index contributed by atoms with van der Waals surface area (Å²) in [6, 6.07) is 11.5. The van der Waals surface area contributed by atoms with Gasteiger partial charge in [-0.2, -0.15) is 0 Å². The molecule has 4 rings (SSSR count). The van der Waals surface area contributed by atoms with Crippen LogP contribution in [0.2, 0.25) is 0 Å². The van der Waals surface area contributed by atoms with Crippen molar-refractivity contribution in [2.24, 2.45) is 0 Å². The van der Waals surface area contributed by atoms with Gasteiger partial charge in [0.2, 0.25) is 5.78 Å². The van der Waals surface area contributed by atoms with Crippen LogP contribution in [0.1, 0.15) is 11.3 Å². The predicted molar refractivity (Wildman–Crippen MR) is 106 cm³/mol. The number of allylic oxidation sites excluding steroid dienone is 1. The van der Waals surface area contributed by atoms with Gasteiger partial charge < -0.3 is 5.11 Å². The number of aliphatic hydroxyl groups is 1. The zero-order valence-electron chi connectivity index (χ0n) is 15.6. The number of aliphatic hydroxyl groups excluding tert-OH is 1. The molecular formula is C20H15FN4O4S. The molecule has 1 N–H and O–H groups in total. The Balaban J connectivity index is 1.64. The molecule has 0 atom stereocenters. The van der Waals surface area contributed by atoms with Crippen molar-refractivity contribution >= 4 is 27.6 Å². The van der Waals surface area contributed by atoms with Crippen molar-refractivity contribution in [3.05, 3.63) is 83.6 Å². The summed E-state index contributed by atoms with van der Waals surface area (Å²) in [5, 5.41) is 18.3. The molecule has 0 fully saturated rings. The molecule has 30 heavy (non-hydrogen) atoms. The minimum absolute atomic E-state index is 0.0644. The maximum Gasteiger partial charge on any atom is 0.265 e. The van der Waals surface area contributed by atoms with Crippen molar-refractivity contribution < 1.29 is 22.7 Å². The Morgan fingerprint density at radius 2 is 1.83 bits per heavy atom. The van der Waals surface area contributed by atoms with Gasteiger partial charge >= 0.3 is 0 Å². The highest BCUT2D eigenvalue weighted by atomic mass is 32.2. The first-order valence-electron chi connectivity index (χ1n) is 8.71. The minimum atomic E-state index is -3.97. The summed E-state index contributed by atoms with van der Waals surface area (Å²) >= 11 is 0. The lowest BCUT2D eigenvalue weighted by Crippen LogP contribution is -2.34. The van der Waals surface area contributed by atoms with Gasteiger partial charge in [-0.1, -0.05) is 17.3 Å². The molecule has 10 heteroatoms. The normalized spacial score (nSPS) is 15.5. The van der Waals surface area contributed by atoms with E-state index in [9.17, 15) is 22.7 Å². The van der Waals surface area contributed by atoms with Gasteiger partial charge in [-0.15, -0.1) is 5.10 Å². The van der Waals surface area contributed by atoms with Gasteiger partial charge in [0.1, 0.15) is 17.2 Å². The number of benzene rings is 2. The third kappa shape index (κ3) is 3.26. The molecule has 0 aliphatic carbocycles. The summed E-state index contributed by atoms with van der Waals surface area (Å²) in [7, 11) is -2.77. The van der Waals surface area contributed by atoms with Crippen molar-refractivity contribution in [1.29, 1.82) is 0 Å². The number of fused-ring (bicyclic) bond motifs is 1. The lowest BCUT2D eigenvalue weighted by molar-refractivity contribution is -0.112. The summed E-state index contributed by atoms with van der Waals surface area (Å²) in [6.45, 7) is 0. The number of likely N-dealkylation sites (N-methyl/N-ethyl adjacent to an activating group) is 1. The second kappa shape index (κ2) is 7.23. The molecule has 3 aromatic rings. The third-order valence-electron chi connectivity index (χ3n) is 4.56. The number of halogens is 1. The summed E-state index contributed by atoms with van der Waals surface area (Å²) in [4.78, 5) is 12.6. The van der Waals surface area contributed by atoms with E-state index in [-0.39, 0.29) is 22.0 Å². The van der Waals surface area contributed by atoms with E-state index in [0.29, 0.717) is 11.4 Å². The molecular weight excluding hydrogens is 411 g/mol. The molecule has 0 amide bonds. The number of ketones is 1. The number of carbonyl (C=O) groups is 1. The zero-order chi connectivity index (χ0) is 21.5. The summed E-state index contributed by atoms with van der Waals surface area (Å²) in [5.74, 6) is -1.53. The molecule has 152 valence electrons. The predicted octanol–water partition coefficient (Wildman–Crippen LogP) is 2.55. The van der Waals surface area contributed by atoms with Crippen molar-refractivity contribution in [1.82, 2.24) is 19.3 Å². The van der Waals surface area contributed by atoms with Gasteiger partial charge in [-0.3, -0.25) is 9.10 Å². The van der Waals surface area contributed by atoms with E-state index < -0.39 is 21.6 Å². The minimum Gasteiger partial charge on any atom is -0.505 e. The standard InChI is InChI=1S/C20H15FN4O4S/c1-24-19(20(27)16-4-2-3-5-18(16)30(24,28)29)17(26)11-8-14-12-25(23-22-14)15-9-6-13(21)7-10-15/h2-12,27H,1H3/b11-8+. The molecule has 1 aliphatic rings. The fourth-order valence-corrected chi connectivity index (χ4v) is 4.42. The van der Waals surface area contributed by atoms with Crippen LogP contribution in [-0.2, 0) is 14.8 Å². The smallest absolute Gasteiger partial charge is 0.265 e. The van der Waals surface area contributed by atoms with Crippen LogP contribution < -0.4 is 0 Å². The molecule has 1 aromatic heterocycles. The lowest BCUT2D eigenvalue weighted by atomic mass is 10.1. The lowest BCUT2D eigenvalue weighted by Gasteiger charge is -2.27. The molecule has 0 radical (unpaired) electrons. The van der Waals surface area contributed by atoms with Gasteiger partial charge in [0.05, 0.1) is 16.8 Å². The first kappa shape index (κ1) is 19.5. The fraction of sp³-hybridized carbons (Fsp3) is 0.0500. The monoisotopic (exact) mass is 426 g/mol. The van der Waals surface area contributed by atoms with Crippen LogP contribution in [0.4, 0.5) is 4.39 Å². The Hall–Kier alpha value is -3.79. The van der Waals surface area contributed by atoms with Crippen LogP contribution in [0.15, 0.2) is 71.4 Å². The second-order valence-corrected chi connectivity index (χ2v) is 8.37. The van der Waals surface area contributed by atoms with E-state index in [1.807, 2.05) is 0 Å². The number of sulfonamides is 1. The van der Waals surface area contributed by atoms with Crippen LogP contribution >= 0.6 is 0 Å². The molecule has 1 aliphatic heterocycles. The number of hydrogen-bond acceptors (Lipinski definition) is 6. The zero-order valence-corrected chi connectivity index (χ0v) is 16.4. The largest absolute Gasteiger partial charge is 0.505 e. The number of carbonyl (C=O) groups excluding carboxylic acids is 1. The highest BCUT2D eigenvalue weighted by Gasteiger charge is 2.36. The Labute approximate surface area is 171 Å². The number of hydrogen-bond donors (Lipinski definition) is 1. The highest BCUT2D eigenvalue weighted by molar-refractivity contribution is 7.89. The molecule has 2 heterocycles. The van der Waals surface area contributed by atoms with Gasteiger partial charge in [0, 0.05) is 12.6 Å². The Morgan fingerprint density at radius 3 is 2.57 bits per heavy atom. The van der Waals surface area contributed by atoms with Crippen LogP contribution in [0.5, 0.6) is 0 Å². The fourth-order valence-electron chi connectivity index (χ4n) is 3.02. The van der Waals surface area contributed by atoms with Gasteiger partial charge in [0.25, 0.3) is 10.0 Å². The van der Waals surface area contributed by atoms with E-state index in [1.165, 1.54) is 66.5 Å². The van der Waals surface area contributed by atoms with Gasteiger partial charge in [-0.05, 0) is 48.6 Å². The van der Waals surface area contributed by atoms with Crippen molar-refractivity contribution in [2.45, 2.75) is 4.90 Å². The van der Waals surface area contributed by atoms with Crippen molar-refractivity contribution in [3.63, 3.8) is 0 Å². The highest BCUT2D eigenvalue weighted by Crippen LogP contribution is 2.34. The topological polar surface area (TPSA) is 105 Å². The summed E-state index contributed by atoms with van der Waals surface area (Å²) < 4.78 is 40.5. The van der Waals surface area contributed by atoms with E-state index in [4.69, 9.17) is 0 Å². The van der Waals surface area contributed by atoms with E-state index in [2.05, 4.69) is 10.3 Å². The number of rotatable bonds is 4. The number of nitrogens with zero attached hydrogens (tertiary/aromatic N) is 4. The molecule has 0 saturated carbocycles. The number of aromatic nitrogens is 3. The molecule has 0 unspecified atom stereocenters. The maximum absolute atomic E-state index is 13.0. The van der Waals surface area contributed by atoms with Crippen molar-refractivity contribution in [3.8, 4) is 5.69 Å². The first-order chi connectivity index (χ1) is 14.3. The van der Waals surface area contributed by atoms with Crippen molar-refractivity contribution in [2.75, 3.05) is 7.05 Å². The average molecular weight is 426 g/mol. The van der Waals surface area contributed by atoms with Crippen LogP contribution in [0, 0.1) is 5.82 Å². The van der Waals surface area contributed by atoms with Crippen LogP contribution in [0.3, 0.4) is 0 Å². The molecule has 8 nitrogen and oxygen atoms in total. The van der Waals surface area contributed by atoms with E-state index in [0.717, 1.165) is 10.4 Å². The average Bonchev–Trinajstić information content (AvgIpc) is 3.21.